The smallest absolute Gasteiger partial charge is 0.309 e. The minimum absolute atomic E-state index is 0.0994. The molecule has 146 valence electrons. The van der Waals surface area contributed by atoms with E-state index in [2.05, 4.69) is 27.8 Å². The number of piperazine rings is 1. The zero-order valence-electron chi connectivity index (χ0n) is 16.1. The molecule has 1 saturated heterocycles. The molecule has 5 aliphatic rings. The highest BCUT2D eigenvalue weighted by molar-refractivity contribution is 6.35. The Morgan fingerprint density at radius 1 is 1.04 bits per heavy atom. The lowest BCUT2D eigenvalue weighted by Crippen LogP contribution is -2.57. The highest BCUT2D eigenvalue weighted by atomic mass is 16.2. The Morgan fingerprint density at radius 2 is 1.62 bits per heavy atom. The standard InChI is InChI=1S/C20H34N4O2/c1-14(20-11-15-8-16(12-20)10-17(9-15)13-20)23-19(26)18(25)22-4-7-24-5-2-21-3-6-24/h14-17,21H,2-13H2,1H3,(H,22,25)(H,23,26). The van der Waals surface area contributed by atoms with Crippen molar-refractivity contribution in [3.8, 4) is 0 Å². The zero-order valence-corrected chi connectivity index (χ0v) is 16.1. The topological polar surface area (TPSA) is 73.5 Å². The molecule has 6 nitrogen and oxygen atoms in total. The van der Waals surface area contributed by atoms with Crippen LogP contribution in [0.2, 0.25) is 0 Å². The summed E-state index contributed by atoms with van der Waals surface area (Å²) in [6.07, 6.45) is 7.91. The second-order valence-electron chi connectivity index (χ2n) is 9.32. The van der Waals surface area contributed by atoms with E-state index in [9.17, 15) is 9.59 Å². The van der Waals surface area contributed by atoms with E-state index in [0.29, 0.717) is 6.54 Å². The van der Waals surface area contributed by atoms with Crippen molar-refractivity contribution >= 4 is 11.8 Å². The van der Waals surface area contributed by atoms with Gasteiger partial charge in [0.05, 0.1) is 0 Å². The number of nitrogens with zero attached hydrogens (tertiary/aromatic N) is 1. The number of hydrogen-bond acceptors (Lipinski definition) is 4. The minimum atomic E-state index is -0.475. The first-order valence-electron chi connectivity index (χ1n) is 10.6. The van der Waals surface area contributed by atoms with E-state index in [1.165, 1.54) is 38.5 Å². The third kappa shape index (κ3) is 3.77. The largest absolute Gasteiger partial charge is 0.347 e. The van der Waals surface area contributed by atoms with Crippen molar-refractivity contribution in [3.63, 3.8) is 0 Å². The minimum Gasteiger partial charge on any atom is -0.347 e. The number of nitrogens with one attached hydrogen (secondary N) is 3. The molecule has 6 heteroatoms. The molecular weight excluding hydrogens is 328 g/mol. The SMILES string of the molecule is CC(NC(=O)C(=O)NCCN1CCNCC1)C12CC3CC(CC(C3)C1)C2. The molecule has 2 amide bonds. The van der Waals surface area contributed by atoms with E-state index in [0.717, 1.165) is 50.5 Å². The van der Waals surface area contributed by atoms with Gasteiger partial charge in [-0.05, 0) is 68.6 Å². The Labute approximate surface area is 156 Å². The summed E-state index contributed by atoms with van der Waals surface area (Å²) >= 11 is 0. The summed E-state index contributed by atoms with van der Waals surface area (Å²) in [6.45, 7) is 7.48. The first-order valence-corrected chi connectivity index (χ1v) is 10.6. The van der Waals surface area contributed by atoms with E-state index in [1.54, 1.807) is 0 Å². The molecule has 4 saturated carbocycles. The van der Waals surface area contributed by atoms with Gasteiger partial charge in [-0.2, -0.15) is 0 Å². The zero-order chi connectivity index (χ0) is 18.1. The van der Waals surface area contributed by atoms with Gasteiger partial charge in [-0.3, -0.25) is 14.5 Å². The molecule has 3 N–H and O–H groups in total. The van der Waals surface area contributed by atoms with Crippen molar-refractivity contribution < 1.29 is 9.59 Å². The summed E-state index contributed by atoms with van der Waals surface area (Å²) in [4.78, 5) is 26.9. The van der Waals surface area contributed by atoms with Crippen LogP contribution in [-0.4, -0.2) is 62.0 Å². The molecule has 5 fully saturated rings. The average molecular weight is 363 g/mol. The Morgan fingerprint density at radius 3 is 2.19 bits per heavy atom. The molecule has 1 aliphatic heterocycles. The average Bonchev–Trinajstić information content (AvgIpc) is 2.61. The highest BCUT2D eigenvalue weighted by Crippen LogP contribution is 2.61. The van der Waals surface area contributed by atoms with Gasteiger partial charge in [0, 0.05) is 45.3 Å². The van der Waals surface area contributed by atoms with E-state index < -0.39 is 11.8 Å². The summed E-state index contributed by atoms with van der Waals surface area (Å²) in [6, 6.07) is 0.0994. The third-order valence-electron chi connectivity index (χ3n) is 7.48. The molecule has 1 heterocycles. The van der Waals surface area contributed by atoms with Crippen LogP contribution in [0, 0.1) is 23.2 Å². The van der Waals surface area contributed by atoms with Crippen molar-refractivity contribution in [2.45, 2.75) is 51.5 Å². The Bertz CT molecular complexity index is 509. The van der Waals surface area contributed by atoms with Gasteiger partial charge in [0.2, 0.25) is 0 Å². The Kier molecular flexibility index (Phi) is 5.24. The lowest BCUT2D eigenvalue weighted by Gasteiger charge is -2.59. The normalized spacial score (nSPS) is 37.3. The molecule has 1 unspecified atom stereocenters. The molecule has 0 aromatic rings. The molecule has 0 aromatic heterocycles. The number of amides is 2. The van der Waals surface area contributed by atoms with Crippen LogP contribution in [0.25, 0.3) is 0 Å². The second-order valence-corrected chi connectivity index (χ2v) is 9.32. The predicted molar refractivity (Wildman–Crippen MR) is 101 cm³/mol. The van der Waals surface area contributed by atoms with Gasteiger partial charge in [0.15, 0.2) is 0 Å². The van der Waals surface area contributed by atoms with Crippen molar-refractivity contribution in [2.24, 2.45) is 23.2 Å². The maximum atomic E-state index is 12.4. The molecular formula is C20H34N4O2. The van der Waals surface area contributed by atoms with Crippen LogP contribution in [0.15, 0.2) is 0 Å². The molecule has 0 radical (unpaired) electrons. The summed E-state index contributed by atoms with van der Waals surface area (Å²) in [5.41, 5.74) is 0.242. The van der Waals surface area contributed by atoms with Crippen molar-refractivity contribution in [1.82, 2.24) is 20.9 Å². The van der Waals surface area contributed by atoms with Crippen LogP contribution in [0.3, 0.4) is 0 Å². The lowest BCUT2D eigenvalue weighted by atomic mass is 9.48. The molecule has 5 rings (SSSR count). The monoisotopic (exact) mass is 362 g/mol. The van der Waals surface area contributed by atoms with Crippen LogP contribution < -0.4 is 16.0 Å². The first kappa shape index (κ1) is 18.2. The van der Waals surface area contributed by atoms with Gasteiger partial charge >= 0.3 is 11.8 Å². The molecule has 1 atom stereocenters. The molecule has 26 heavy (non-hydrogen) atoms. The van der Waals surface area contributed by atoms with E-state index in [1.807, 2.05) is 0 Å². The van der Waals surface area contributed by atoms with Gasteiger partial charge in [-0.25, -0.2) is 0 Å². The Hall–Kier alpha value is -1.14. The van der Waals surface area contributed by atoms with E-state index >= 15 is 0 Å². The fourth-order valence-corrected chi connectivity index (χ4v) is 6.47. The number of carbonyl (C=O) groups excluding carboxylic acids is 2. The lowest BCUT2D eigenvalue weighted by molar-refractivity contribution is -0.141. The maximum Gasteiger partial charge on any atom is 0.309 e. The summed E-state index contributed by atoms with van der Waals surface area (Å²) in [7, 11) is 0. The summed E-state index contributed by atoms with van der Waals surface area (Å²) in [5, 5.41) is 9.16. The van der Waals surface area contributed by atoms with Crippen molar-refractivity contribution in [2.75, 3.05) is 39.3 Å². The van der Waals surface area contributed by atoms with Crippen LogP contribution in [0.4, 0.5) is 0 Å². The van der Waals surface area contributed by atoms with Gasteiger partial charge in [0.1, 0.15) is 0 Å². The van der Waals surface area contributed by atoms with Gasteiger partial charge < -0.3 is 16.0 Å². The maximum absolute atomic E-state index is 12.4. The predicted octanol–water partition coefficient (Wildman–Crippen LogP) is 0.729. The van der Waals surface area contributed by atoms with E-state index in [4.69, 9.17) is 0 Å². The molecule has 0 spiro atoms. The van der Waals surface area contributed by atoms with Gasteiger partial charge in [0.25, 0.3) is 0 Å². The van der Waals surface area contributed by atoms with Gasteiger partial charge in [-0.15, -0.1) is 0 Å². The molecule has 4 bridgehead atoms. The van der Waals surface area contributed by atoms with Gasteiger partial charge in [-0.1, -0.05) is 0 Å². The van der Waals surface area contributed by atoms with Crippen LogP contribution in [-0.2, 0) is 9.59 Å². The number of rotatable bonds is 5. The number of carbonyl (C=O) groups is 2. The first-order chi connectivity index (χ1) is 12.5. The highest BCUT2D eigenvalue weighted by Gasteiger charge is 2.53. The number of hydrogen-bond donors (Lipinski definition) is 3. The fourth-order valence-electron chi connectivity index (χ4n) is 6.47. The summed E-state index contributed by atoms with van der Waals surface area (Å²) < 4.78 is 0. The van der Waals surface area contributed by atoms with E-state index in [-0.39, 0.29) is 11.5 Å². The molecule has 4 aliphatic carbocycles. The fraction of sp³-hybridized carbons (Fsp3) is 0.900. The third-order valence-corrected chi connectivity index (χ3v) is 7.48. The Balaban J connectivity index is 1.24. The van der Waals surface area contributed by atoms with Crippen LogP contribution >= 0.6 is 0 Å². The van der Waals surface area contributed by atoms with Crippen molar-refractivity contribution in [3.05, 3.63) is 0 Å². The molecule has 0 aromatic carbocycles. The van der Waals surface area contributed by atoms with Crippen LogP contribution in [0.1, 0.15) is 45.4 Å². The van der Waals surface area contributed by atoms with Crippen LogP contribution in [0.5, 0.6) is 0 Å². The second kappa shape index (κ2) is 7.47. The summed E-state index contributed by atoms with van der Waals surface area (Å²) in [5.74, 6) is 1.64. The quantitative estimate of drug-likeness (QED) is 0.631. The van der Waals surface area contributed by atoms with Crippen molar-refractivity contribution in [1.29, 1.82) is 0 Å².